The molecule has 0 saturated heterocycles. The summed E-state index contributed by atoms with van der Waals surface area (Å²) in [6, 6.07) is 4.44. The van der Waals surface area contributed by atoms with Crippen LogP contribution in [-0.4, -0.2) is 18.6 Å². The lowest BCUT2D eigenvalue weighted by Gasteiger charge is -2.29. The van der Waals surface area contributed by atoms with Crippen LogP contribution in [-0.2, 0) is 4.79 Å². The molecule has 0 aliphatic heterocycles. The van der Waals surface area contributed by atoms with Crippen molar-refractivity contribution in [3.63, 3.8) is 0 Å². The molecule has 0 bridgehead atoms. The summed E-state index contributed by atoms with van der Waals surface area (Å²) in [6.45, 7) is 8.47. The second-order valence-corrected chi connectivity index (χ2v) is 6.43. The molecular weight excluding hydrogens is 262 g/mol. The van der Waals surface area contributed by atoms with Gasteiger partial charge in [0.1, 0.15) is 5.75 Å². The summed E-state index contributed by atoms with van der Waals surface area (Å²) in [5.41, 5.74) is 3.47. The van der Waals surface area contributed by atoms with Crippen LogP contribution < -0.4 is 10.1 Å². The highest BCUT2D eigenvalue weighted by atomic mass is 16.5. The summed E-state index contributed by atoms with van der Waals surface area (Å²) in [5, 5.41) is 3.12. The number of hydrogen-bond donors (Lipinski definition) is 1. The largest absolute Gasteiger partial charge is 0.483 e. The number of rotatable bonds is 4. The Morgan fingerprint density at radius 2 is 1.95 bits per heavy atom. The Bertz CT molecular complexity index is 510. The van der Waals surface area contributed by atoms with Crippen molar-refractivity contribution in [2.75, 3.05) is 6.61 Å². The van der Waals surface area contributed by atoms with Gasteiger partial charge in [-0.2, -0.15) is 0 Å². The van der Waals surface area contributed by atoms with Crippen LogP contribution in [0.25, 0.3) is 0 Å². The molecule has 1 fully saturated rings. The number of nitrogens with one attached hydrogen (secondary N) is 1. The van der Waals surface area contributed by atoms with E-state index in [0.29, 0.717) is 12.0 Å². The predicted molar refractivity (Wildman–Crippen MR) is 85.7 cm³/mol. The van der Waals surface area contributed by atoms with E-state index in [9.17, 15) is 4.79 Å². The molecule has 1 amide bonds. The van der Waals surface area contributed by atoms with E-state index in [0.717, 1.165) is 23.3 Å². The number of ether oxygens (including phenoxy) is 1. The first-order valence-corrected chi connectivity index (χ1v) is 7.97. The minimum atomic E-state index is -0.00712. The summed E-state index contributed by atoms with van der Waals surface area (Å²) in [6.07, 6.45) is 4.80. The van der Waals surface area contributed by atoms with Crippen LogP contribution in [0.3, 0.4) is 0 Å². The number of carbonyl (C=O) groups excluding carboxylic acids is 1. The predicted octanol–water partition coefficient (Wildman–Crippen LogP) is 3.69. The van der Waals surface area contributed by atoms with E-state index in [-0.39, 0.29) is 12.5 Å². The highest BCUT2D eigenvalue weighted by Crippen LogP contribution is 2.24. The highest BCUT2D eigenvalue weighted by molar-refractivity contribution is 5.78. The Hall–Kier alpha value is -1.51. The van der Waals surface area contributed by atoms with Crippen LogP contribution in [0.4, 0.5) is 0 Å². The third-order valence-corrected chi connectivity index (χ3v) is 4.58. The molecule has 0 spiro atoms. The molecule has 0 heterocycles. The summed E-state index contributed by atoms with van der Waals surface area (Å²) in [5.74, 6) is 1.39. The fourth-order valence-corrected chi connectivity index (χ4v) is 3.07. The smallest absolute Gasteiger partial charge is 0.258 e. The third kappa shape index (κ3) is 4.23. The Morgan fingerprint density at radius 3 is 2.67 bits per heavy atom. The first-order valence-electron chi connectivity index (χ1n) is 7.97. The van der Waals surface area contributed by atoms with E-state index in [1.54, 1.807) is 0 Å². The van der Waals surface area contributed by atoms with Gasteiger partial charge in [-0.25, -0.2) is 0 Å². The van der Waals surface area contributed by atoms with Gasteiger partial charge >= 0.3 is 0 Å². The van der Waals surface area contributed by atoms with E-state index >= 15 is 0 Å². The second kappa shape index (κ2) is 6.97. The molecule has 1 saturated carbocycles. The molecule has 0 radical (unpaired) electrons. The number of amides is 1. The van der Waals surface area contributed by atoms with Gasteiger partial charge in [-0.1, -0.05) is 25.8 Å². The minimum absolute atomic E-state index is 0.00712. The van der Waals surface area contributed by atoms with E-state index in [2.05, 4.69) is 25.2 Å². The van der Waals surface area contributed by atoms with Crippen molar-refractivity contribution in [2.45, 2.75) is 59.4 Å². The first-order chi connectivity index (χ1) is 9.97. The van der Waals surface area contributed by atoms with Crippen molar-refractivity contribution in [2.24, 2.45) is 5.92 Å². The topological polar surface area (TPSA) is 38.3 Å². The van der Waals surface area contributed by atoms with Gasteiger partial charge in [0.05, 0.1) is 0 Å². The lowest BCUT2D eigenvalue weighted by molar-refractivity contribution is -0.124. The zero-order valence-corrected chi connectivity index (χ0v) is 13.7. The van der Waals surface area contributed by atoms with Crippen LogP contribution in [0.5, 0.6) is 5.75 Å². The van der Waals surface area contributed by atoms with Crippen molar-refractivity contribution in [3.05, 3.63) is 28.8 Å². The van der Waals surface area contributed by atoms with Crippen LogP contribution in [0.15, 0.2) is 12.1 Å². The number of hydrogen-bond acceptors (Lipinski definition) is 2. The van der Waals surface area contributed by atoms with Gasteiger partial charge in [0.25, 0.3) is 5.91 Å². The molecule has 1 N–H and O–H groups in total. The molecule has 1 aliphatic carbocycles. The van der Waals surface area contributed by atoms with E-state index in [1.807, 2.05) is 19.9 Å². The normalized spacial score (nSPS) is 21.9. The van der Waals surface area contributed by atoms with Crippen molar-refractivity contribution in [1.29, 1.82) is 0 Å². The van der Waals surface area contributed by atoms with Gasteiger partial charge in [0.2, 0.25) is 0 Å². The molecular formula is C18H27NO2. The van der Waals surface area contributed by atoms with Gasteiger partial charge in [-0.05, 0) is 62.3 Å². The zero-order valence-electron chi connectivity index (χ0n) is 13.7. The van der Waals surface area contributed by atoms with E-state index in [1.165, 1.54) is 24.8 Å². The maximum atomic E-state index is 12.1. The molecule has 1 aliphatic rings. The van der Waals surface area contributed by atoms with Crippen LogP contribution in [0, 0.1) is 26.7 Å². The summed E-state index contributed by atoms with van der Waals surface area (Å²) < 4.78 is 5.72. The van der Waals surface area contributed by atoms with Gasteiger partial charge in [-0.3, -0.25) is 4.79 Å². The van der Waals surface area contributed by atoms with Crippen molar-refractivity contribution in [1.82, 2.24) is 5.32 Å². The van der Waals surface area contributed by atoms with Gasteiger partial charge in [0, 0.05) is 6.04 Å². The Kier molecular flexibility index (Phi) is 5.27. The SMILES string of the molecule is Cc1cc(C)c(C)c(OCC(=O)N[C@H]2CCCC[C@@H]2C)c1. The van der Waals surface area contributed by atoms with Gasteiger partial charge in [0.15, 0.2) is 6.61 Å². The van der Waals surface area contributed by atoms with E-state index in [4.69, 9.17) is 4.74 Å². The van der Waals surface area contributed by atoms with Crippen molar-refractivity contribution >= 4 is 5.91 Å². The van der Waals surface area contributed by atoms with Gasteiger partial charge in [-0.15, -0.1) is 0 Å². The zero-order chi connectivity index (χ0) is 15.4. The van der Waals surface area contributed by atoms with Crippen LogP contribution >= 0.6 is 0 Å². The minimum Gasteiger partial charge on any atom is -0.483 e. The quantitative estimate of drug-likeness (QED) is 0.918. The average Bonchev–Trinajstić information content (AvgIpc) is 2.44. The molecule has 2 atom stereocenters. The fraction of sp³-hybridized carbons (Fsp3) is 0.611. The standard InChI is InChI=1S/C18H27NO2/c1-12-9-14(3)15(4)17(10-12)21-11-18(20)19-16-8-6-5-7-13(16)2/h9-10,13,16H,5-8,11H2,1-4H3,(H,19,20)/t13-,16-/m0/s1. The average molecular weight is 289 g/mol. The highest BCUT2D eigenvalue weighted by Gasteiger charge is 2.22. The molecule has 2 rings (SSSR count). The summed E-state index contributed by atoms with van der Waals surface area (Å²) in [4.78, 5) is 12.1. The summed E-state index contributed by atoms with van der Waals surface area (Å²) >= 11 is 0. The van der Waals surface area contributed by atoms with Crippen molar-refractivity contribution < 1.29 is 9.53 Å². The van der Waals surface area contributed by atoms with Crippen LogP contribution in [0.1, 0.15) is 49.3 Å². The van der Waals surface area contributed by atoms with Crippen molar-refractivity contribution in [3.8, 4) is 5.75 Å². The molecule has 3 heteroatoms. The molecule has 3 nitrogen and oxygen atoms in total. The summed E-state index contributed by atoms with van der Waals surface area (Å²) in [7, 11) is 0. The Balaban J connectivity index is 1.89. The van der Waals surface area contributed by atoms with E-state index < -0.39 is 0 Å². The molecule has 1 aromatic rings. The van der Waals surface area contributed by atoms with Crippen LogP contribution in [0.2, 0.25) is 0 Å². The molecule has 0 aromatic heterocycles. The lowest BCUT2D eigenvalue weighted by atomic mass is 9.86. The van der Waals surface area contributed by atoms with Gasteiger partial charge < -0.3 is 10.1 Å². The Morgan fingerprint density at radius 1 is 1.24 bits per heavy atom. The monoisotopic (exact) mass is 289 g/mol. The maximum absolute atomic E-state index is 12.1. The fourth-order valence-electron chi connectivity index (χ4n) is 3.07. The molecule has 1 aromatic carbocycles. The molecule has 116 valence electrons. The number of benzene rings is 1. The number of carbonyl (C=O) groups is 1. The third-order valence-electron chi connectivity index (χ3n) is 4.58. The lowest BCUT2D eigenvalue weighted by Crippen LogP contribution is -2.43. The first kappa shape index (κ1) is 15.9. The second-order valence-electron chi connectivity index (χ2n) is 6.43. The molecule has 0 unspecified atom stereocenters. The Labute approximate surface area is 128 Å². The maximum Gasteiger partial charge on any atom is 0.258 e. The number of aryl methyl sites for hydroxylation is 2. The molecule has 21 heavy (non-hydrogen) atoms.